The summed E-state index contributed by atoms with van der Waals surface area (Å²) in [5.74, 6) is -1.76. The van der Waals surface area contributed by atoms with Crippen molar-refractivity contribution in [2.45, 2.75) is 32.8 Å². The number of urea groups is 1. The minimum absolute atomic E-state index is 0.164. The van der Waals surface area contributed by atoms with Gasteiger partial charge in [-0.1, -0.05) is 0 Å². The van der Waals surface area contributed by atoms with Crippen molar-refractivity contribution < 1.29 is 24.2 Å². The minimum Gasteiger partial charge on any atom is -0.490 e. The Balaban J connectivity index is 2.12. The molecular formula is C17H23N3O5. The fourth-order valence-electron chi connectivity index (χ4n) is 2.72. The van der Waals surface area contributed by atoms with Gasteiger partial charge in [0.15, 0.2) is 0 Å². The van der Waals surface area contributed by atoms with Crippen LogP contribution in [0.2, 0.25) is 0 Å². The molecule has 8 heteroatoms. The number of carboxylic acid groups (broad SMARTS) is 1. The molecular weight excluding hydrogens is 326 g/mol. The summed E-state index contributed by atoms with van der Waals surface area (Å²) in [7, 11) is 0. The average Bonchev–Trinajstić information content (AvgIpc) is 2.54. The molecule has 2 rings (SSSR count). The van der Waals surface area contributed by atoms with Crippen LogP contribution >= 0.6 is 0 Å². The zero-order valence-corrected chi connectivity index (χ0v) is 14.3. The third-order valence-electron chi connectivity index (χ3n) is 3.92. The normalized spacial score (nSPS) is 17.2. The number of piperidine rings is 1. The lowest BCUT2D eigenvalue weighted by atomic mass is 9.99. The van der Waals surface area contributed by atoms with Crippen molar-refractivity contribution in [1.82, 2.24) is 4.90 Å². The van der Waals surface area contributed by atoms with Gasteiger partial charge in [-0.25, -0.2) is 4.79 Å². The summed E-state index contributed by atoms with van der Waals surface area (Å²) in [5, 5.41) is 11.8. The molecule has 1 atom stereocenters. The van der Waals surface area contributed by atoms with Crippen LogP contribution in [-0.2, 0) is 4.79 Å². The molecule has 0 aliphatic carbocycles. The van der Waals surface area contributed by atoms with Crippen LogP contribution in [0.15, 0.2) is 18.2 Å². The largest absolute Gasteiger partial charge is 0.490 e. The van der Waals surface area contributed by atoms with Gasteiger partial charge in [-0.15, -0.1) is 0 Å². The van der Waals surface area contributed by atoms with E-state index in [-0.39, 0.29) is 24.2 Å². The van der Waals surface area contributed by atoms with Crippen LogP contribution in [0.3, 0.4) is 0 Å². The Morgan fingerprint density at radius 1 is 1.36 bits per heavy atom. The van der Waals surface area contributed by atoms with Crippen LogP contribution in [0.5, 0.6) is 5.75 Å². The van der Waals surface area contributed by atoms with Gasteiger partial charge in [0.05, 0.1) is 17.6 Å². The van der Waals surface area contributed by atoms with Gasteiger partial charge < -0.3 is 25.8 Å². The van der Waals surface area contributed by atoms with Crippen LogP contribution in [0.25, 0.3) is 0 Å². The molecule has 1 aliphatic heterocycles. The second-order valence-electron chi connectivity index (χ2n) is 6.30. The summed E-state index contributed by atoms with van der Waals surface area (Å²) in [5.41, 5.74) is 6.01. The van der Waals surface area contributed by atoms with Crippen molar-refractivity contribution in [3.63, 3.8) is 0 Å². The van der Waals surface area contributed by atoms with Crippen LogP contribution in [-0.4, -0.2) is 47.1 Å². The molecule has 0 aromatic heterocycles. The Labute approximate surface area is 145 Å². The van der Waals surface area contributed by atoms with Gasteiger partial charge in [0, 0.05) is 24.8 Å². The molecule has 1 saturated heterocycles. The van der Waals surface area contributed by atoms with Gasteiger partial charge in [-0.2, -0.15) is 0 Å². The lowest BCUT2D eigenvalue weighted by molar-refractivity contribution is -0.143. The van der Waals surface area contributed by atoms with E-state index in [1.807, 2.05) is 13.8 Å². The smallest absolute Gasteiger partial charge is 0.321 e. The number of carbonyl (C=O) groups is 3. The number of benzene rings is 1. The first-order valence-corrected chi connectivity index (χ1v) is 8.17. The Kier molecular flexibility index (Phi) is 5.84. The number of anilines is 1. The highest BCUT2D eigenvalue weighted by Gasteiger charge is 2.28. The number of rotatable bonds is 5. The molecule has 0 bridgehead atoms. The van der Waals surface area contributed by atoms with Crippen LogP contribution in [0.1, 0.15) is 37.0 Å². The average molecular weight is 349 g/mol. The Bertz CT molecular complexity index is 674. The molecule has 0 spiro atoms. The summed E-state index contributed by atoms with van der Waals surface area (Å²) in [6.07, 6.45) is 1.05. The van der Waals surface area contributed by atoms with Crippen molar-refractivity contribution in [3.05, 3.63) is 23.8 Å². The molecule has 1 unspecified atom stereocenters. The Hall–Kier alpha value is -2.77. The number of nitrogens with two attached hydrogens (primary N) is 1. The predicted octanol–water partition coefficient (Wildman–Crippen LogP) is 1.90. The fourth-order valence-corrected chi connectivity index (χ4v) is 2.72. The first-order chi connectivity index (χ1) is 11.8. The molecule has 4 N–H and O–H groups in total. The number of ether oxygens (including phenoxy) is 1. The van der Waals surface area contributed by atoms with E-state index in [4.69, 9.17) is 15.6 Å². The van der Waals surface area contributed by atoms with Gasteiger partial charge in [0.25, 0.3) is 5.91 Å². The monoisotopic (exact) mass is 349 g/mol. The summed E-state index contributed by atoms with van der Waals surface area (Å²) < 4.78 is 5.58. The van der Waals surface area contributed by atoms with E-state index in [0.29, 0.717) is 30.8 Å². The van der Waals surface area contributed by atoms with E-state index in [0.717, 1.165) is 0 Å². The van der Waals surface area contributed by atoms with E-state index in [2.05, 4.69) is 5.32 Å². The topological polar surface area (TPSA) is 122 Å². The highest BCUT2D eigenvalue weighted by atomic mass is 16.5. The summed E-state index contributed by atoms with van der Waals surface area (Å²) >= 11 is 0. The number of carboxylic acids is 1. The van der Waals surface area contributed by atoms with Gasteiger partial charge in [-0.05, 0) is 38.8 Å². The molecule has 0 radical (unpaired) electrons. The third kappa shape index (κ3) is 4.85. The minimum atomic E-state index is -0.893. The fraction of sp³-hybridized carbons (Fsp3) is 0.471. The van der Waals surface area contributed by atoms with Gasteiger partial charge in [0.2, 0.25) is 0 Å². The number of carbonyl (C=O) groups excluding carboxylic acids is 2. The van der Waals surface area contributed by atoms with Crippen molar-refractivity contribution in [1.29, 1.82) is 0 Å². The first kappa shape index (κ1) is 18.6. The van der Waals surface area contributed by atoms with E-state index in [1.54, 1.807) is 6.07 Å². The van der Waals surface area contributed by atoms with Gasteiger partial charge >= 0.3 is 12.0 Å². The number of primary amides is 1. The zero-order valence-electron chi connectivity index (χ0n) is 14.3. The second-order valence-corrected chi connectivity index (χ2v) is 6.30. The standard InChI is InChI=1S/C17H23N3O5/c1-10(2)25-14-8-12(5-6-13(14)15(18)21)19-17(24)20-7-3-4-11(9-20)16(22)23/h5-6,8,10-11H,3-4,7,9H2,1-2H3,(H2,18,21)(H,19,24)(H,22,23). The Morgan fingerprint density at radius 2 is 2.08 bits per heavy atom. The number of hydrogen-bond acceptors (Lipinski definition) is 4. The molecule has 3 amide bonds. The number of nitrogens with zero attached hydrogens (tertiary/aromatic N) is 1. The SMILES string of the molecule is CC(C)Oc1cc(NC(=O)N2CCCC(C(=O)O)C2)ccc1C(N)=O. The van der Waals surface area contributed by atoms with E-state index in [9.17, 15) is 14.4 Å². The van der Waals surface area contributed by atoms with Gasteiger partial charge in [-0.3, -0.25) is 9.59 Å². The molecule has 0 saturated carbocycles. The lowest BCUT2D eigenvalue weighted by Gasteiger charge is -2.30. The zero-order chi connectivity index (χ0) is 18.6. The predicted molar refractivity (Wildman–Crippen MR) is 91.7 cm³/mol. The van der Waals surface area contributed by atoms with Gasteiger partial charge in [0.1, 0.15) is 5.75 Å². The van der Waals surface area contributed by atoms with E-state index < -0.39 is 17.8 Å². The van der Waals surface area contributed by atoms with Crippen LogP contribution < -0.4 is 15.8 Å². The number of aliphatic carboxylic acids is 1. The van der Waals surface area contributed by atoms with E-state index >= 15 is 0 Å². The molecule has 136 valence electrons. The molecule has 8 nitrogen and oxygen atoms in total. The quantitative estimate of drug-likeness (QED) is 0.749. The number of hydrogen-bond donors (Lipinski definition) is 3. The first-order valence-electron chi connectivity index (χ1n) is 8.17. The maximum Gasteiger partial charge on any atom is 0.321 e. The lowest BCUT2D eigenvalue weighted by Crippen LogP contribution is -2.44. The number of likely N-dealkylation sites (tertiary alicyclic amines) is 1. The summed E-state index contributed by atoms with van der Waals surface area (Å²) in [6, 6.07) is 4.21. The molecule has 1 aliphatic rings. The molecule has 1 aromatic carbocycles. The highest BCUT2D eigenvalue weighted by molar-refractivity contribution is 5.97. The number of amides is 3. The van der Waals surface area contributed by atoms with Crippen LogP contribution in [0.4, 0.5) is 10.5 Å². The highest BCUT2D eigenvalue weighted by Crippen LogP contribution is 2.25. The molecule has 1 heterocycles. The molecule has 1 fully saturated rings. The maximum atomic E-state index is 12.4. The molecule has 25 heavy (non-hydrogen) atoms. The summed E-state index contributed by atoms with van der Waals surface area (Å²) in [4.78, 5) is 36.4. The summed E-state index contributed by atoms with van der Waals surface area (Å²) in [6.45, 7) is 4.31. The second kappa shape index (κ2) is 7.87. The number of nitrogens with one attached hydrogen (secondary N) is 1. The maximum absolute atomic E-state index is 12.4. The molecule has 1 aromatic rings. The van der Waals surface area contributed by atoms with Crippen molar-refractivity contribution in [2.24, 2.45) is 11.7 Å². The van der Waals surface area contributed by atoms with Crippen molar-refractivity contribution >= 4 is 23.6 Å². The van der Waals surface area contributed by atoms with Crippen molar-refractivity contribution in [2.75, 3.05) is 18.4 Å². The van der Waals surface area contributed by atoms with Crippen LogP contribution in [0, 0.1) is 5.92 Å². The van der Waals surface area contributed by atoms with E-state index in [1.165, 1.54) is 17.0 Å². The van der Waals surface area contributed by atoms with Crippen molar-refractivity contribution in [3.8, 4) is 5.75 Å². The third-order valence-corrected chi connectivity index (χ3v) is 3.92. The Morgan fingerprint density at radius 3 is 2.68 bits per heavy atom.